The molecule has 0 N–H and O–H groups in total. The van der Waals surface area contributed by atoms with Gasteiger partial charge in [0.25, 0.3) is 0 Å². The van der Waals surface area contributed by atoms with Gasteiger partial charge in [-0.1, -0.05) is 35.9 Å². The van der Waals surface area contributed by atoms with Crippen LogP contribution in [-0.2, 0) is 0 Å². The first-order chi connectivity index (χ1) is 13.3. The molecule has 0 saturated carbocycles. The van der Waals surface area contributed by atoms with Crippen molar-refractivity contribution in [1.29, 1.82) is 0 Å². The summed E-state index contributed by atoms with van der Waals surface area (Å²) in [5.41, 5.74) is 7.39. The summed E-state index contributed by atoms with van der Waals surface area (Å²) < 4.78 is 14.1. The Kier molecular flexibility index (Phi) is 5.78. The highest BCUT2D eigenvalue weighted by Gasteiger charge is 2.08. The highest BCUT2D eigenvalue weighted by molar-refractivity contribution is 6.02. The zero-order valence-electron chi connectivity index (χ0n) is 16.9. The van der Waals surface area contributed by atoms with Crippen LogP contribution in [0.5, 0.6) is 0 Å². The van der Waals surface area contributed by atoms with Gasteiger partial charge in [-0.15, -0.1) is 0 Å². The average molecular weight is 373 g/mol. The molecule has 0 spiro atoms. The normalized spacial score (nSPS) is 12.4. The summed E-state index contributed by atoms with van der Waals surface area (Å²) in [5.74, 6) is -0.330. The van der Waals surface area contributed by atoms with Crippen molar-refractivity contribution < 1.29 is 4.39 Å². The topological polar surface area (TPSA) is 37.6 Å². The molecule has 28 heavy (non-hydrogen) atoms. The third-order valence-corrected chi connectivity index (χ3v) is 4.60. The van der Waals surface area contributed by atoms with E-state index < -0.39 is 0 Å². The van der Waals surface area contributed by atoms with Crippen molar-refractivity contribution in [3.8, 4) is 0 Å². The van der Waals surface area contributed by atoms with E-state index in [1.807, 2.05) is 51.1 Å². The zero-order valence-corrected chi connectivity index (χ0v) is 16.9. The Morgan fingerprint density at radius 2 is 1.43 bits per heavy atom. The minimum Gasteiger partial charge on any atom is -0.251 e. The van der Waals surface area contributed by atoms with Crippen molar-refractivity contribution in [2.75, 3.05) is 0 Å². The van der Waals surface area contributed by atoms with Crippen molar-refractivity contribution in [2.24, 2.45) is 9.98 Å². The summed E-state index contributed by atoms with van der Waals surface area (Å²) in [6.45, 7) is 9.75. The summed E-state index contributed by atoms with van der Waals surface area (Å²) in [6, 6.07) is 16.9. The molecule has 3 rings (SSSR count). The fourth-order valence-corrected chi connectivity index (χ4v) is 3.00. The predicted octanol–water partition coefficient (Wildman–Crippen LogP) is 6.43. The summed E-state index contributed by atoms with van der Waals surface area (Å²) >= 11 is 0. The van der Waals surface area contributed by atoms with Crippen molar-refractivity contribution in [3.63, 3.8) is 0 Å². The van der Waals surface area contributed by atoms with Crippen LogP contribution in [0.3, 0.4) is 0 Å². The molecular formula is C24H24FN3. The molecule has 0 aliphatic rings. The number of pyridine rings is 1. The van der Waals surface area contributed by atoms with Crippen molar-refractivity contribution in [3.05, 3.63) is 88.5 Å². The SMILES string of the molecule is CC(=Nc1ccc(C)cc1C)c1cccc(C(C)=Nc2c(C)cccc2F)n1. The highest BCUT2D eigenvalue weighted by Crippen LogP contribution is 2.24. The summed E-state index contributed by atoms with van der Waals surface area (Å²) in [5, 5.41) is 0. The number of hydrogen-bond acceptors (Lipinski definition) is 3. The van der Waals surface area contributed by atoms with Crippen LogP contribution in [0.25, 0.3) is 0 Å². The largest absolute Gasteiger partial charge is 0.251 e. The maximum Gasteiger partial charge on any atom is 0.149 e. The molecular weight excluding hydrogens is 349 g/mol. The number of aromatic nitrogens is 1. The Bertz CT molecular complexity index is 1060. The van der Waals surface area contributed by atoms with Crippen LogP contribution >= 0.6 is 0 Å². The second kappa shape index (κ2) is 8.26. The number of halogens is 1. The number of nitrogens with zero attached hydrogens (tertiary/aromatic N) is 3. The van der Waals surface area contributed by atoms with E-state index in [0.717, 1.165) is 28.2 Å². The van der Waals surface area contributed by atoms with E-state index in [1.165, 1.54) is 11.6 Å². The van der Waals surface area contributed by atoms with Gasteiger partial charge < -0.3 is 0 Å². The van der Waals surface area contributed by atoms with Crippen molar-refractivity contribution in [2.45, 2.75) is 34.6 Å². The predicted molar refractivity (Wildman–Crippen MR) is 115 cm³/mol. The van der Waals surface area contributed by atoms with Gasteiger partial charge in [-0.3, -0.25) is 4.99 Å². The Balaban J connectivity index is 1.95. The molecule has 3 nitrogen and oxygen atoms in total. The maximum atomic E-state index is 14.1. The molecule has 2 aromatic carbocycles. The summed E-state index contributed by atoms with van der Waals surface area (Å²) in [4.78, 5) is 13.9. The minimum atomic E-state index is -0.330. The molecule has 0 amide bonds. The van der Waals surface area contributed by atoms with Crippen molar-refractivity contribution in [1.82, 2.24) is 4.98 Å². The highest BCUT2D eigenvalue weighted by atomic mass is 19.1. The Morgan fingerprint density at radius 3 is 2.07 bits per heavy atom. The molecule has 0 unspecified atom stereocenters. The fraction of sp³-hybridized carbons (Fsp3) is 0.208. The smallest absolute Gasteiger partial charge is 0.149 e. The minimum absolute atomic E-state index is 0.330. The number of para-hydroxylation sites is 1. The number of hydrogen-bond donors (Lipinski definition) is 0. The van der Waals surface area contributed by atoms with Gasteiger partial charge in [-0.05, 0) is 70.0 Å². The quantitative estimate of drug-likeness (QED) is 0.486. The molecule has 1 heterocycles. The molecule has 0 atom stereocenters. The van der Waals surface area contributed by atoms with Gasteiger partial charge in [-0.25, -0.2) is 14.4 Å². The van der Waals surface area contributed by atoms with Gasteiger partial charge in [0.05, 0.1) is 28.5 Å². The first-order valence-electron chi connectivity index (χ1n) is 9.26. The van der Waals surface area contributed by atoms with Crippen LogP contribution in [-0.4, -0.2) is 16.4 Å². The van der Waals surface area contributed by atoms with Gasteiger partial charge in [0.2, 0.25) is 0 Å². The first-order valence-corrected chi connectivity index (χ1v) is 9.26. The van der Waals surface area contributed by atoms with E-state index in [0.29, 0.717) is 17.1 Å². The van der Waals surface area contributed by atoms with Gasteiger partial charge in [0.1, 0.15) is 11.5 Å². The molecule has 0 radical (unpaired) electrons. The van der Waals surface area contributed by atoms with E-state index in [-0.39, 0.29) is 5.82 Å². The first kappa shape index (κ1) is 19.6. The van der Waals surface area contributed by atoms with Crippen LogP contribution in [0, 0.1) is 26.6 Å². The lowest BCUT2D eigenvalue weighted by molar-refractivity contribution is 0.629. The molecule has 0 saturated heterocycles. The second-order valence-electron chi connectivity index (χ2n) is 7.00. The number of rotatable bonds is 4. The molecule has 142 valence electrons. The lowest BCUT2D eigenvalue weighted by Crippen LogP contribution is -2.05. The standard InChI is InChI=1S/C24H24FN3/c1-15-12-13-21(17(3)14-15)26-18(4)22-10-7-11-23(28-22)19(5)27-24-16(2)8-6-9-20(24)25/h6-14H,1-5H3. The second-order valence-corrected chi connectivity index (χ2v) is 7.00. The average Bonchev–Trinajstić information content (AvgIpc) is 2.67. The van der Waals surface area contributed by atoms with E-state index in [1.54, 1.807) is 6.07 Å². The van der Waals surface area contributed by atoms with Crippen LogP contribution in [0.4, 0.5) is 15.8 Å². The third kappa shape index (κ3) is 4.39. The van der Waals surface area contributed by atoms with Crippen LogP contribution < -0.4 is 0 Å². The maximum absolute atomic E-state index is 14.1. The van der Waals surface area contributed by atoms with Crippen LogP contribution in [0.2, 0.25) is 0 Å². The summed E-state index contributed by atoms with van der Waals surface area (Å²) in [6.07, 6.45) is 0. The van der Waals surface area contributed by atoms with E-state index in [4.69, 9.17) is 4.99 Å². The van der Waals surface area contributed by atoms with Gasteiger partial charge in [-0.2, -0.15) is 0 Å². The molecule has 4 heteroatoms. The van der Waals surface area contributed by atoms with Crippen LogP contribution in [0.15, 0.2) is 64.6 Å². The number of aliphatic imine (C=N–C) groups is 2. The number of benzene rings is 2. The van der Waals surface area contributed by atoms with E-state index in [9.17, 15) is 4.39 Å². The molecule has 1 aromatic heterocycles. The zero-order chi connectivity index (χ0) is 20.3. The lowest BCUT2D eigenvalue weighted by atomic mass is 10.1. The van der Waals surface area contributed by atoms with Gasteiger partial charge in [0.15, 0.2) is 0 Å². The van der Waals surface area contributed by atoms with Crippen molar-refractivity contribution >= 4 is 22.8 Å². The van der Waals surface area contributed by atoms with E-state index in [2.05, 4.69) is 36.0 Å². The fourth-order valence-electron chi connectivity index (χ4n) is 3.00. The molecule has 0 fully saturated rings. The summed E-state index contributed by atoms with van der Waals surface area (Å²) in [7, 11) is 0. The Hall–Kier alpha value is -3.14. The molecule has 0 bridgehead atoms. The Morgan fingerprint density at radius 1 is 0.786 bits per heavy atom. The van der Waals surface area contributed by atoms with Gasteiger partial charge >= 0.3 is 0 Å². The number of aryl methyl sites for hydroxylation is 3. The molecule has 3 aromatic rings. The molecule has 0 aliphatic heterocycles. The monoisotopic (exact) mass is 373 g/mol. The third-order valence-electron chi connectivity index (χ3n) is 4.60. The Labute approximate surface area is 165 Å². The molecule has 0 aliphatic carbocycles. The van der Waals surface area contributed by atoms with Crippen LogP contribution in [0.1, 0.15) is 41.9 Å². The lowest BCUT2D eigenvalue weighted by Gasteiger charge is -2.07. The van der Waals surface area contributed by atoms with E-state index >= 15 is 0 Å². The van der Waals surface area contributed by atoms with Gasteiger partial charge in [0, 0.05) is 0 Å².